The molecule has 0 radical (unpaired) electrons. The Morgan fingerprint density at radius 2 is 2.00 bits per heavy atom. The van der Waals surface area contributed by atoms with E-state index in [1.807, 2.05) is 12.1 Å². The first kappa shape index (κ1) is 13.0. The van der Waals surface area contributed by atoms with Crippen molar-refractivity contribution in [2.24, 2.45) is 0 Å². The average Bonchev–Trinajstić information content (AvgIpc) is 2.95. The molecular weight excluding hydrogens is 268 g/mol. The summed E-state index contributed by atoms with van der Waals surface area (Å²) < 4.78 is 5.11. The maximum atomic E-state index is 12.1. The molecule has 2 aromatic heterocycles. The Balaban J connectivity index is 1.82. The lowest BCUT2D eigenvalue weighted by atomic mass is 10.2. The van der Waals surface area contributed by atoms with E-state index in [-0.39, 0.29) is 5.91 Å². The maximum Gasteiger partial charge on any atom is 0.257 e. The minimum Gasteiger partial charge on any atom is -0.334 e. The van der Waals surface area contributed by atoms with Crippen molar-refractivity contribution in [2.75, 3.05) is 5.32 Å². The van der Waals surface area contributed by atoms with Gasteiger partial charge in [-0.3, -0.25) is 9.78 Å². The van der Waals surface area contributed by atoms with Gasteiger partial charge in [0.25, 0.3) is 11.8 Å². The van der Waals surface area contributed by atoms with Crippen LogP contribution in [0.2, 0.25) is 0 Å². The van der Waals surface area contributed by atoms with Gasteiger partial charge in [-0.15, -0.1) is 0 Å². The monoisotopic (exact) mass is 280 g/mol. The van der Waals surface area contributed by atoms with Crippen LogP contribution < -0.4 is 5.32 Å². The standard InChI is InChI=1S/C15H12N4O2/c1-10-17-15(21-19-10)12-3-2-4-13(9-12)18-14(20)11-5-7-16-8-6-11/h2-9H,1H3,(H,18,20). The minimum atomic E-state index is -0.198. The fourth-order valence-corrected chi connectivity index (χ4v) is 1.85. The third kappa shape index (κ3) is 2.94. The van der Waals surface area contributed by atoms with E-state index in [2.05, 4.69) is 20.4 Å². The number of carbonyl (C=O) groups is 1. The SMILES string of the molecule is Cc1noc(-c2cccc(NC(=O)c3ccncc3)c2)n1. The first-order valence-electron chi connectivity index (χ1n) is 6.34. The summed E-state index contributed by atoms with van der Waals surface area (Å²) in [7, 11) is 0. The lowest BCUT2D eigenvalue weighted by Crippen LogP contribution is -2.11. The van der Waals surface area contributed by atoms with Gasteiger partial charge in [-0.1, -0.05) is 11.2 Å². The van der Waals surface area contributed by atoms with Gasteiger partial charge < -0.3 is 9.84 Å². The Kier molecular flexibility index (Phi) is 3.42. The molecule has 0 saturated heterocycles. The van der Waals surface area contributed by atoms with Gasteiger partial charge in [0.05, 0.1) is 0 Å². The van der Waals surface area contributed by atoms with Crippen molar-refractivity contribution in [3.05, 3.63) is 60.2 Å². The number of amides is 1. The second-order valence-corrected chi connectivity index (χ2v) is 4.42. The van der Waals surface area contributed by atoms with E-state index in [1.54, 1.807) is 43.6 Å². The summed E-state index contributed by atoms with van der Waals surface area (Å²) in [6, 6.07) is 10.5. The molecule has 0 unspecified atom stereocenters. The summed E-state index contributed by atoms with van der Waals surface area (Å²) in [5.74, 6) is 0.792. The molecule has 0 aliphatic rings. The van der Waals surface area contributed by atoms with Crippen molar-refractivity contribution in [1.82, 2.24) is 15.1 Å². The molecule has 0 atom stereocenters. The molecule has 104 valence electrons. The summed E-state index contributed by atoms with van der Waals surface area (Å²) in [6.07, 6.45) is 3.15. The molecule has 21 heavy (non-hydrogen) atoms. The van der Waals surface area contributed by atoms with E-state index in [4.69, 9.17) is 4.52 Å². The zero-order valence-electron chi connectivity index (χ0n) is 11.3. The molecule has 0 spiro atoms. The fourth-order valence-electron chi connectivity index (χ4n) is 1.85. The van der Waals surface area contributed by atoms with Gasteiger partial charge in [0.2, 0.25) is 0 Å². The van der Waals surface area contributed by atoms with Crippen molar-refractivity contribution in [2.45, 2.75) is 6.92 Å². The molecule has 2 heterocycles. The van der Waals surface area contributed by atoms with Crippen LogP contribution in [0.5, 0.6) is 0 Å². The molecule has 1 amide bonds. The number of pyridine rings is 1. The van der Waals surface area contributed by atoms with Gasteiger partial charge in [0.1, 0.15) is 0 Å². The molecule has 0 fully saturated rings. The molecule has 0 aliphatic heterocycles. The number of aryl methyl sites for hydroxylation is 1. The van der Waals surface area contributed by atoms with Crippen LogP contribution in [0.25, 0.3) is 11.5 Å². The third-order valence-electron chi connectivity index (χ3n) is 2.84. The van der Waals surface area contributed by atoms with Gasteiger partial charge >= 0.3 is 0 Å². The Labute approximate surface area is 120 Å². The molecule has 0 saturated carbocycles. The molecule has 6 nitrogen and oxygen atoms in total. The zero-order chi connectivity index (χ0) is 14.7. The molecule has 0 bridgehead atoms. The molecule has 1 N–H and O–H groups in total. The largest absolute Gasteiger partial charge is 0.334 e. The smallest absolute Gasteiger partial charge is 0.257 e. The Morgan fingerprint density at radius 1 is 1.19 bits per heavy atom. The van der Waals surface area contributed by atoms with Gasteiger partial charge in [-0.25, -0.2) is 0 Å². The van der Waals surface area contributed by atoms with Crippen LogP contribution in [0.4, 0.5) is 5.69 Å². The second-order valence-electron chi connectivity index (χ2n) is 4.42. The van der Waals surface area contributed by atoms with Gasteiger partial charge in [0, 0.05) is 29.2 Å². The predicted octanol–water partition coefficient (Wildman–Crippen LogP) is 2.69. The van der Waals surface area contributed by atoms with Crippen molar-refractivity contribution in [1.29, 1.82) is 0 Å². The second kappa shape index (κ2) is 5.54. The topological polar surface area (TPSA) is 80.9 Å². The summed E-state index contributed by atoms with van der Waals surface area (Å²) in [4.78, 5) is 20.1. The van der Waals surface area contributed by atoms with Crippen LogP contribution in [0, 0.1) is 6.92 Å². The van der Waals surface area contributed by atoms with Crippen LogP contribution in [-0.2, 0) is 0 Å². The summed E-state index contributed by atoms with van der Waals surface area (Å²) in [5, 5.41) is 6.57. The lowest BCUT2D eigenvalue weighted by Gasteiger charge is -2.05. The summed E-state index contributed by atoms with van der Waals surface area (Å²) in [5.41, 5.74) is 1.96. The predicted molar refractivity (Wildman–Crippen MR) is 76.7 cm³/mol. The van der Waals surface area contributed by atoms with Crippen LogP contribution in [0.15, 0.2) is 53.3 Å². The zero-order valence-corrected chi connectivity index (χ0v) is 11.3. The summed E-state index contributed by atoms with van der Waals surface area (Å²) >= 11 is 0. The van der Waals surface area contributed by atoms with Crippen molar-refractivity contribution >= 4 is 11.6 Å². The van der Waals surface area contributed by atoms with Crippen LogP contribution in [-0.4, -0.2) is 21.0 Å². The van der Waals surface area contributed by atoms with Crippen molar-refractivity contribution in [3.8, 4) is 11.5 Å². The highest BCUT2D eigenvalue weighted by Crippen LogP contribution is 2.21. The molecule has 6 heteroatoms. The van der Waals surface area contributed by atoms with Gasteiger partial charge in [-0.05, 0) is 37.3 Å². The number of anilines is 1. The first-order valence-corrected chi connectivity index (χ1v) is 6.34. The first-order chi connectivity index (χ1) is 10.2. The Hall–Kier alpha value is -3.02. The quantitative estimate of drug-likeness (QED) is 0.797. The molecular formula is C15H12N4O2. The van der Waals surface area contributed by atoms with Crippen molar-refractivity contribution in [3.63, 3.8) is 0 Å². The third-order valence-corrected chi connectivity index (χ3v) is 2.84. The van der Waals surface area contributed by atoms with Crippen LogP contribution >= 0.6 is 0 Å². The fraction of sp³-hybridized carbons (Fsp3) is 0.0667. The number of aromatic nitrogens is 3. The molecule has 1 aromatic carbocycles. The summed E-state index contributed by atoms with van der Waals surface area (Å²) in [6.45, 7) is 1.75. The van der Waals surface area contributed by atoms with E-state index in [0.717, 1.165) is 5.56 Å². The number of nitrogens with zero attached hydrogens (tertiary/aromatic N) is 3. The highest BCUT2D eigenvalue weighted by molar-refractivity contribution is 6.04. The van der Waals surface area contributed by atoms with Crippen LogP contribution in [0.3, 0.4) is 0 Å². The number of carbonyl (C=O) groups excluding carboxylic acids is 1. The van der Waals surface area contributed by atoms with Gasteiger partial charge in [0.15, 0.2) is 5.82 Å². The average molecular weight is 280 g/mol. The number of nitrogens with one attached hydrogen (secondary N) is 1. The normalized spacial score (nSPS) is 10.3. The van der Waals surface area contributed by atoms with E-state index < -0.39 is 0 Å². The Bertz CT molecular complexity index is 768. The molecule has 0 aliphatic carbocycles. The number of hydrogen-bond donors (Lipinski definition) is 1. The van der Waals surface area contributed by atoms with Crippen molar-refractivity contribution < 1.29 is 9.32 Å². The van der Waals surface area contributed by atoms with E-state index in [9.17, 15) is 4.79 Å². The number of benzene rings is 1. The highest BCUT2D eigenvalue weighted by Gasteiger charge is 2.09. The lowest BCUT2D eigenvalue weighted by molar-refractivity contribution is 0.102. The highest BCUT2D eigenvalue weighted by atomic mass is 16.5. The minimum absolute atomic E-state index is 0.198. The van der Waals surface area contributed by atoms with Gasteiger partial charge in [-0.2, -0.15) is 4.98 Å². The molecule has 3 rings (SSSR count). The molecule has 3 aromatic rings. The van der Waals surface area contributed by atoms with E-state index in [1.165, 1.54) is 0 Å². The number of rotatable bonds is 3. The maximum absolute atomic E-state index is 12.1. The number of hydrogen-bond acceptors (Lipinski definition) is 5. The Morgan fingerprint density at radius 3 is 2.71 bits per heavy atom. The van der Waals surface area contributed by atoms with E-state index >= 15 is 0 Å². The van der Waals surface area contributed by atoms with E-state index in [0.29, 0.717) is 23.0 Å². The van der Waals surface area contributed by atoms with Crippen LogP contribution in [0.1, 0.15) is 16.2 Å².